The molecule has 1 unspecified atom stereocenters. The van der Waals surface area contributed by atoms with E-state index in [1.807, 2.05) is 31.2 Å². The van der Waals surface area contributed by atoms with Crippen molar-refractivity contribution in [3.63, 3.8) is 0 Å². The number of thiazole rings is 1. The average Bonchev–Trinajstić information content (AvgIpc) is 2.85. The highest BCUT2D eigenvalue weighted by atomic mass is 32.1. The van der Waals surface area contributed by atoms with Crippen LogP contribution in [0.4, 0.5) is 0 Å². The SMILES string of the molecule is CCCc1nc(COc2ccc(C(C)N)cc2)cs1. The van der Waals surface area contributed by atoms with Crippen molar-refractivity contribution in [3.8, 4) is 5.75 Å². The van der Waals surface area contributed by atoms with Gasteiger partial charge in [0.25, 0.3) is 0 Å². The van der Waals surface area contributed by atoms with Crippen LogP contribution in [0.3, 0.4) is 0 Å². The van der Waals surface area contributed by atoms with Gasteiger partial charge in [-0.3, -0.25) is 0 Å². The van der Waals surface area contributed by atoms with Crippen LogP contribution in [0.1, 0.15) is 42.6 Å². The summed E-state index contributed by atoms with van der Waals surface area (Å²) in [6.45, 7) is 4.66. The Bertz CT molecular complexity index is 505. The molecule has 0 saturated heterocycles. The fourth-order valence-corrected chi connectivity index (χ4v) is 2.65. The lowest BCUT2D eigenvalue weighted by molar-refractivity contribution is 0.302. The van der Waals surface area contributed by atoms with Gasteiger partial charge in [0.2, 0.25) is 0 Å². The molecule has 2 N–H and O–H groups in total. The van der Waals surface area contributed by atoms with Crippen LogP contribution in [-0.2, 0) is 13.0 Å². The molecule has 2 aromatic rings. The molecule has 0 bridgehead atoms. The highest BCUT2D eigenvalue weighted by molar-refractivity contribution is 7.09. The van der Waals surface area contributed by atoms with Crippen LogP contribution in [0.2, 0.25) is 0 Å². The van der Waals surface area contributed by atoms with Crippen LogP contribution in [0.25, 0.3) is 0 Å². The molecule has 2 rings (SSSR count). The van der Waals surface area contributed by atoms with Crippen LogP contribution >= 0.6 is 11.3 Å². The van der Waals surface area contributed by atoms with Crippen LogP contribution in [0.15, 0.2) is 29.6 Å². The fraction of sp³-hybridized carbons (Fsp3) is 0.400. The van der Waals surface area contributed by atoms with E-state index in [1.54, 1.807) is 11.3 Å². The van der Waals surface area contributed by atoms with Gasteiger partial charge < -0.3 is 10.5 Å². The zero-order valence-electron chi connectivity index (χ0n) is 11.4. The number of nitrogens with zero attached hydrogens (tertiary/aromatic N) is 1. The molecule has 1 heterocycles. The summed E-state index contributed by atoms with van der Waals surface area (Å²) in [5, 5.41) is 3.26. The topological polar surface area (TPSA) is 48.1 Å². The van der Waals surface area contributed by atoms with Gasteiger partial charge in [-0.15, -0.1) is 11.3 Å². The summed E-state index contributed by atoms with van der Waals surface area (Å²) in [6, 6.07) is 7.98. The number of aryl methyl sites for hydroxylation is 1. The average molecular weight is 276 g/mol. The minimum Gasteiger partial charge on any atom is -0.487 e. The number of ether oxygens (including phenoxy) is 1. The zero-order chi connectivity index (χ0) is 13.7. The fourth-order valence-electron chi connectivity index (χ4n) is 1.77. The molecule has 0 saturated carbocycles. The molecule has 3 nitrogen and oxygen atoms in total. The van der Waals surface area contributed by atoms with Crippen LogP contribution < -0.4 is 10.5 Å². The molecular formula is C15H20N2OS. The summed E-state index contributed by atoms with van der Waals surface area (Å²) in [6.07, 6.45) is 2.18. The molecule has 0 fully saturated rings. The molecule has 1 aromatic heterocycles. The first kappa shape index (κ1) is 14.0. The maximum atomic E-state index is 5.81. The quantitative estimate of drug-likeness (QED) is 0.875. The Hall–Kier alpha value is -1.39. The Kier molecular flexibility index (Phi) is 4.93. The van der Waals surface area contributed by atoms with E-state index >= 15 is 0 Å². The zero-order valence-corrected chi connectivity index (χ0v) is 12.2. The summed E-state index contributed by atoms with van der Waals surface area (Å²) in [4.78, 5) is 4.53. The summed E-state index contributed by atoms with van der Waals surface area (Å²) in [5.74, 6) is 0.856. The molecule has 1 atom stereocenters. The Morgan fingerprint density at radius 3 is 2.68 bits per heavy atom. The van der Waals surface area contributed by atoms with Crippen molar-refractivity contribution in [2.45, 2.75) is 39.3 Å². The van der Waals surface area contributed by atoms with Gasteiger partial charge >= 0.3 is 0 Å². The summed E-state index contributed by atoms with van der Waals surface area (Å²) in [5.41, 5.74) is 7.93. The van der Waals surface area contributed by atoms with Crippen LogP contribution in [0, 0.1) is 0 Å². The van der Waals surface area contributed by atoms with Crippen molar-refractivity contribution in [2.75, 3.05) is 0 Å². The highest BCUT2D eigenvalue weighted by Gasteiger charge is 2.03. The van der Waals surface area contributed by atoms with E-state index in [2.05, 4.69) is 17.3 Å². The number of rotatable bonds is 6. The number of hydrogen-bond donors (Lipinski definition) is 1. The van der Waals surface area contributed by atoms with Gasteiger partial charge in [0.15, 0.2) is 0 Å². The maximum Gasteiger partial charge on any atom is 0.131 e. The summed E-state index contributed by atoms with van der Waals surface area (Å²) >= 11 is 1.71. The Balaban J connectivity index is 1.90. The molecule has 0 radical (unpaired) electrons. The van der Waals surface area contributed by atoms with Crippen molar-refractivity contribution in [1.29, 1.82) is 0 Å². The van der Waals surface area contributed by atoms with E-state index in [4.69, 9.17) is 10.5 Å². The second-order valence-electron chi connectivity index (χ2n) is 4.63. The van der Waals surface area contributed by atoms with Gasteiger partial charge in [-0.05, 0) is 37.5 Å². The number of hydrogen-bond acceptors (Lipinski definition) is 4. The van der Waals surface area contributed by atoms with Gasteiger partial charge in [-0.1, -0.05) is 19.1 Å². The third-order valence-corrected chi connectivity index (χ3v) is 3.81. The van der Waals surface area contributed by atoms with Gasteiger partial charge in [-0.25, -0.2) is 4.98 Å². The third kappa shape index (κ3) is 4.04. The molecule has 1 aromatic carbocycles. The van der Waals surface area contributed by atoms with Gasteiger partial charge in [0.1, 0.15) is 12.4 Å². The minimum atomic E-state index is 0.0594. The highest BCUT2D eigenvalue weighted by Crippen LogP contribution is 2.18. The smallest absolute Gasteiger partial charge is 0.131 e. The minimum absolute atomic E-state index is 0.0594. The van der Waals surface area contributed by atoms with E-state index in [0.717, 1.165) is 29.8 Å². The first-order chi connectivity index (χ1) is 9.19. The summed E-state index contributed by atoms with van der Waals surface area (Å²) < 4.78 is 5.72. The largest absolute Gasteiger partial charge is 0.487 e. The first-order valence-corrected chi connectivity index (χ1v) is 7.48. The molecule has 0 spiro atoms. The Morgan fingerprint density at radius 2 is 2.05 bits per heavy atom. The first-order valence-electron chi connectivity index (χ1n) is 6.60. The van der Waals surface area contributed by atoms with Gasteiger partial charge in [0, 0.05) is 11.4 Å². The predicted molar refractivity (Wildman–Crippen MR) is 79.5 cm³/mol. The van der Waals surface area contributed by atoms with E-state index < -0.39 is 0 Å². The number of nitrogens with two attached hydrogens (primary N) is 1. The summed E-state index contributed by atoms with van der Waals surface area (Å²) in [7, 11) is 0. The van der Waals surface area contributed by atoms with Crippen LogP contribution in [-0.4, -0.2) is 4.98 Å². The molecular weight excluding hydrogens is 256 g/mol. The van der Waals surface area contributed by atoms with Crippen molar-refractivity contribution in [1.82, 2.24) is 4.98 Å². The van der Waals surface area contributed by atoms with Crippen molar-refractivity contribution in [2.24, 2.45) is 5.73 Å². The van der Waals surface area contributed by atoms with Crippen molar-refractivity contribution >= 4 is 11.3 Å². The van der Waals surface area contributed by atoms with Gasteiger partial charge in [0.05, 0.1) is 10.7 Å². The van der Waals surface area contributed by atoms with E-state index in [9.17, 15) is 0 Å². The normalized spacial score (nSPS) is 12.4. The number of benzene rings is 1. The lowest BCUT2D eigenvalue weighted by atomic mass is 10.1. The van der Waals surface area contributed by atoms with Crippen molar-refractivity contribution < 1.29 is 4.74 Å². The van der Waals surface area contributed by atoms with E-state index in [1.165, 1.54) is 5.01 Å². The Labute approximate surface area is 118 Å². The van der Waals surface area contributed by atoms with Crippen LogP contribution in [0.5, 0.6) is 5.75 Å². The maximum absolute atomic E-state index is 5.81. The standard InChI is InChI=1S/C15H20N2OS/c1-3-4-15-17-13(10-19-15)9-18-14-7-5-12(6-8-14)11(2)16/h5-8,10-11H,3-4,9,16H2,1-2H3. The molecule has 102 valence electrons. The lowest BCUT2D eigenvalue weighted by Crippen LogP contribution is -2.04. The lowest BCUT2D eigenvalue weighted by Gasteiger charge is -2.08. The second kappa shape index (κ2) is 6.68. The monoisotopic (exact) mass is 276 g/mol. The second-order valence-corrected chi connectivity index (χ2v) is 5.57. The molecule has 0 aliphatic rings. The Morgan fingerprint density at radius 1 is 1.32 bits per heavy atom. The predicted octanol–water partition coefficient (Wildman–Crippen LogP) is 3.69. The molecule has 19 heavy (non-hydrogen) atoms. The van der Waals surface area contributed by atoms with E-state index in [-0.39, 0.29) is 6.04 Å². The molecule has 0 aliphatic heterocycles. The molecule has 0 amide bonds. The molecule has 0 aliphatic carbocycles. The van der Waals surface area contributed by atoms with Gasteiger partial charge in [-0.2, -0.15) is 0 Å². The van der Waals surface area contributed by atoms with Crippen molar-refractivity contribution in [3.05, 3.63) is 45.9 Å². The number of aromatic nitrogens is 1. The van der Waals surface area contributed by atoms with E-state index in [0.29, 0.717) is 6.61 Å². The third-order valence-electron chi connectivity index (χ3n) is 2.86. The molecule has 4 heteroatoms.